The van der Waals surface area contributed by atoms with E-state index in [1.54, 1.807) is 12.1 Å². The molecule has 1 aliphatic rings. The topological polar surface area (TPSA) is 49.3 Å². The molecule has 1 saturated carbocycles. The zero-order valence-corrected chi connectivity index (χ0v) is 11.5. The molecule has 2 rings (SSSR count). The standard InChI is InChI=1S/C13H16BrNO2/c1-13(2)6-8(13)7-15-11-5-9(14)3-4-10(11)12(16)17/h3-5,8,15H,6-7H2,1-2H3,(H,16,17). The van der Waals surface area contributed by atoms with Crippen LogP contribution >= 0.6 is 15.9 Å². The number of rotatable bonds is 4. The third-order valence-corrected chi connectivity index (χ3v) is 3.96. The number of halogens is 1. The van der Waals surface area contributed by atoms with Crippen LogP contribution in [0.2, 0.25) is 0 Å². The molecule has 1 unspecified atom stereocenters. The van der Waals surface area contributed by atoms with Gasteiger partial charge in [0.25, 0.3) is 0 Å². The Morgan fingerprint density at radius 1 is 1.59 bits per heavy atom. The molecule has 0 spiro atoms. The molecule has 0 amide bonds. The number of aromatic carboxylic acids is 1. The molecular formula is C13H16BrNO2. The summed E-state index contributed by atoms with van der Waals surface area (Å²) in [7, 11) is 0. The van der Waals surface area contributed by atoms with Gasteiger partial charge in [-0.25, -0.2) is 4.79 Å². The fourth-order valence-corrected chi connectivity index (χ4v) is 2.37. The van der Waals surface area contributed by atoms with E-state index in [1.807, 2.05) is 6.07 Å². The van der Waals surface area contributed by atoms with Crippen LogP contribution < -0.4 is 5.32 Å². The lowest BCUT2D eigenvalue weighted by atomic mass is 10.1. The van der Waals surface area contributed by atoms with Crippen molar-refractivity contribution in [3.63, 3.8) is 0 Å². The number of carboxylic acids is 1. The van der Waals surface area contributed by atoms with Crippen molar-refractivity contribution in [3.05, 3.63) is 28.2 Å². The second kappa shape index (κ2) is 4.33. The lowest BCUT2D eigenvalue weighted by Gasteiger charge is -2.11. The van der Waals surface area contributed by atoms with Gasteiger partial charge in [0, 0.05) is 16.7 Å². The third kappa shape index (κ3) is 2.80. The molecule has 1 atom stereocenters. The highest BCUT2D eigenvalue weighted by Crippen LogP contribution is 2.51. The number of benzene rings is 1. The van der Waals surface area contributed by atoms with E-state index in [4.69, 9.17) is 5.11 Å². The van der Waals surface area contributed by atoms with Crippen molar-refractivity contribution >= 4 is 27.6 Å². The second-order valence-electron chi connectivity index (χ2n) is 5.27. The molecule has 0 radical (unpaired) electrons. The Balaban J connectivity index is 2.09. The molecule has 92 valence electrons. The minimum absolute atomic E-state index is 0.326. The monoisotopic (exact) mass is 297 g/mol. The molecule has 4 heteroatoms. The summed E-state index contributed by atoms with van der Waals surface area (Å²) in [5, 5.41) is 12.3. The van der Waals surface area contributed by atoms with Crippen LogP contribution in [0.25, 0.3) is 0 Å². The Morgan fingerprint density at radius 3 is 2.76 bits per heavy atom. The van der Waals surface area contributed by atoms with Gasteiger partial charge in [-0.05, 0) is 36.0 Å². The summed E-state index contributed by atoms with van der Waals surface area (Å²) in [6.07, 6.45) is 1.20. The van der Waals surface area contributed by atoms with Gasteiger partial charge in [-0.15, -0.1) is 0 Å². The average molecular weight is 298 g/mol. The van der Waals surface area contributed by atoms with Crippen LogP contribution in [0, 0.1) is 11.3 Å². The third-order valence-electron chi connectivity index (χ3n) is 3.47. The molecule has 1 aromatic rings. The van der Waals surface area contributed by atoms with E-state index in [0.717, 1.165) is 11.0 Å². The molecular weight excluding hydrogens is 282 g/mol. The van der Waals surface area contributed by atoms with Crippen LogP contribution in [0.15, 0.2) is 22.7 Å². The zero-order chi connectivity index (χ0) is 12.6. The first-order valence-corrected chi connectivity index (χ1v) is 6.46. The summed E-state index contributed by atoms with van der Waals surface area (Å²) in [5.41, 5.74) is 1.42. The first-order chi connectivity index (χ1) is 7.90. The number of anilines is 1. The molecule has 3 nitrogen and oxygen atoms in total. The van der Waals surface area contributed by atoms with Gasteiger partial charge in [0.05, 0.1) is 5.56 Å². The number of carbonyl (C=O) groups is 1. The van der Waals surface area contributed by atoms with Gasteiger partial charge in [0.2, 0.25) is 0 Å². The fraction of sp³-hybridized carbons (Fsp3) is 0.462. The predicted molar refractivity (Wildman–Crippen MR) is 71.5 cm³/mol. The maximum Gasteiger partial charge on any atom is 0.337 e. The second-order valence-corrected chi connectivity index (χ2v) is 6.18. The Hall–Kier alpha value is -1.03. The van der Waals surface area contributed by atoms with E-state index in [2.05, 4.69) is 35.1 Å². The Labute approximate surface area is 109 Å². The van der Waals surface area contributed by atoms with Gasteiger partial charge >= 0.3 is 5.97 Å². The normalized spacial score (nSPS) is 21.0. The van der Waals surface area contributed by atoms with Crippen molar-refractivity contribution in [3.8, 4) is 0 Å². The van der Waals surface area contributed by atoms with Crippen molar-refractivity contribution in [1.82, 2.24) is 0 Å². The highest BCUT2D eigenvalue weighted by Gasteiger charge is 2.45. The highest BCUT2D eigenvalue weighted by atomic mass is 79.9. The van der Waals surface area contributed by atoms with Crippen LogP contribution in [0.5, 0.6) is 0 Å². The van der Waals surface area contributed by atoms with Crippen LogP contribution in [0.4, 0.5) is 5.69 Å². The van der Waals surface area contributed by atoms with Crippen LogP contribution in [0.3, 0.4) is 0 Å². The first-order valence-electron chi connectivity index (χ1n) is 5.67. The van der Waals surface area contributed by atoms with E-state index < -0.39 is 5.97 Å². The van der Waals surface area contributed by atoms with E-state index in [1.165, 1.54) is 6.42 Å². The molecule has 0 aliphatic heterocycles. The van der Waals surface area contributed by atoms with Gasteiger partial charge in [-0.3, -0.25) is 0 Å². The first kappa shape index (κ1) is 12.4. The van der Waals surface area contributed by atoms with E-state index >= 15 is 0 Å². The number of nitrogens with one attached hydrogen (secondary N) is 1. The van der Waals surface area contributed by atoms with Gasteiger partial charge < -0.3 is 10.4 Å². The summed E-state index contributed by atoms with van der Waals surface area (Å²) >= 11 is 3.36. The molecule has 1 aliphatic carbocycles. The molecule has 0 bridgehead atoms. The quantitative estimate of drug-likeness (QED) is 0.893. The van der Waals surface area contributed by atoms with Crippen LogP contribution in [0.1, 0.15) is 30.6 Å². The van der Waals surface area contributed by atoms with Crippen molar-refractivity contribution in [1.29, 1.82) is 0 Å². The predicted octanol–water partition coefficient (Wildman–Crippen LogP) is 3.61. The lowest BCUT2D eigenvalue weighted by molar-refractivity contribution is 0.0698. The minimum atomic E-state index is -0.893. The molecule has 0 aromatic heterocycles. The summed E-state index contributed by atoms with van der Waals surface area (Å²) in [6, 6.07) is 5.18. The summed E-state index contributed by atoms with van der Waals surface area (Å²) in [4.78, 5) is 11.1. The van der Waals surface area contributed by atoms with Crippen molar-refractivity contribution in [2.45, 2.75) is 20.3 Å². The maximum absolute atomic E-state index is 11.1. The smallest absolute Gasteiger partial charge is 0.337 e. The van der Waals surface area contributed by atoms with Gasteiger partial charge in [0.15, 0.2) is 0 Å². The molecule has 2 N–H and O–H groups in total. The Bertz CT molecular complexity index is 457. The van der Waals surface area contributed by atoms with Gasteiger partial charge in [-0.1, -0.05) is 29.8 Å². The van der Waals surface area contributed by atoms with Crippen LogP contribution in [-0.4, -0.2) is 17.6 Å². The number of hydrogen-bond donors (Lipinski definition) is 2. The molecule has 1 aromatic carbocycles. The van der Waals surface area contributed by atoms with Crippen molar-refractivity contribution in [2.75, 3.05) is 11.9 Å². The summed E-state index contributed by atoms with van der Waals surface area (Å²) < 4.78 is 0.889. The SMILES string of the molecule is CC1(C)CC1CNc1cc(Br)ccc1C(=O)O. The van der Waals surface area contributed by atoms with Gasteiger partial charge in [0.1, 0.15) is 0 Å². The number of carboxylic acid groups (broad SMARTS) is 1. The minimum Gasteiger partial charge on any atom is -0.478 e. The summed E-state index contributed by atoms with van der Waals surface area (Å²) in [6.45, 7) is 5.31. The van der Waals surface area contributed by atoms with Gasteiger partial charge in [-0.2, -0.15) is 0 Å². The van der Waals surface area contributed by atoms with Crippen LogP contribution in [-0.2, 0) is 0 Å². The molecule has 0 heterocycles. The molecule has 0 saturated heterocycles. The van der Waals surface area contributed by atoms with E-state index in [9.17, 15) is 4.79 Å². The van der Waals surface area contributed by atoms with Crippen molar-refractivity contribution < 1.29 is 9.90 Å². The average Bonchev–Trinajstić information content (AvgIpc) is 2.83. The zero-order valence-electron chi connectivity index (χ0n) is 9.96. The highest BCUT2D eigenvalue weighted by molar-refractivity contribution is 9.10. The lowest BCUT2D eigenvalue weighted by Crippen LogP contribution is -2.11. The molecule has 1 fully saturated rings. The Morgan fingerprint density at radius 2 is 2.24 bits per heavy atom. The largest absolute Gasteiger partial charge is 0.478 e. The fourth-order valence-electron chi connectivity index (χ4n) is 2.01. The molecule has 17 heavy (non-hydrogen) atoms. The van der Waals surface area contributed by atoms with Crippen molar-refractivity contribution in [2.24, 2.45) is 11.3 Å². The maximum atomic E-state index is 11.1. The van der Waals surface area contributed by atoms with E-state index in [-0.39, 0.29) is 0 Å². The van der Waals surface area contributed by atoms with E-state index in [0.29, 0.717) is 22.6 Å². The number of hydrogen-bond acceptors (Lipinski definition) is 2. The Kier molecular flexibility index (Phi) is 3.17. The summed E-state index contributed by atoms with van der Waals surface area (Å²) in [5.74, 6) is -0.252.